The molecule has 7 nitrogen and oxygen atoms in total. The second-order valence-electron chi connectivity index (χ2n) is 4.99. The maximum absolute atomic E-state index is 12.1. The van der Waals surface area contributed by atoms with Crippen LogP contribution in [0, 0.1) is 0 Å². The monoisotopic (exact) mass is 313 g/mol. The lowest BCUT2D eigenvalue weighted by Crippen LogP contribution is -2.54. The van der Waals surface area contributed by atoms with E-state index in [1.807, 2.05) is 0 Å². The van der Waals surface area contributed by atoms with Gasteiger partial charge in [0.05, 0.1) is 16.8 Å². The number of carboxylic acid groups (broad SMARTS) is 1. The van der Waals surface area contributed by atoms with Crippen LogP contribution in [0.4, 0.5) is 0 Å². The Morgan fingerprint density at radius 3 is 2.21 bits per heavy atom. The number of hydrogen-bond acceptors (Lipinski definition) is 5. The second-order valence-corrected chi connectivity index (χ2v) is 9.25. The minimum Gasteiger partial charge on any atom is -0.480 e. The molecule has 0 aliphatic carbocycles. The number of aliphatic carboxylic acids is 1. The van der Waals surface area contributed by atoms with Gasteiger partial charge in [-0.15, -0.1) is 0 Å². The van der Waals surface area contributed by atoms with Gasteiger partial charge in [0.25, 0.3) is 0 Å². The Balaban J connectivity index is 2.86. The average molecular weight is 313 g/mol. The quantitative estimate of drug-likeness (QED) is 0.722. The zero-order valence-electron chi connectivity index (χ0n) is 10.9. The molecule has 1 aliphatic heterocycles. The van der Waals surface area contributed by atoms with E-state index in [1.165, 1.54) is 6.92 Å². The fourth-order valence-corrected chi connectivity index (χ4v) is 5.52. The summed E-state index contributed by atoms with van der Waals surface area (Å²) in [4.78, 5) is 11.1. The molecule has 0 saturated carbocycles. The lowest BCUT2D eigenvalue weighted by molar-refractivity contribution is -0.143. The van der Waals surface area contributed by atoms with Gasteiger partial charge >= 0.3 is 5.97 Å². The van der Waals surface area contributed by atoms with Gasteiger partial charge in [0.1, 0.15) is 15.4 Å². The van der Waals surface area contributed by atoms with Crippen LogP contribution in [0.2, 0.25) is 0 Å². The van der Waals surface area contributed by atoms with Crippen LogP contribution in [0.15, 0.2) is 0 Å². The molecule has 9 heteroatoms. The summed E-state index contributed by atoms with van der Waals surface area (Å²) in [5.74, 6) is -1.59. The number of nitrogens with one attached hydrogen (secondary N) is 1. The van der Waals surface area contributed by atoms with Gasteiger partial charge in [0, 0.05) is 0 Å². The highest BCUT2D eigenvalue weighted by Gasteiger charge is 2.40. The molecular weight excluding hydrogens is 294 g/mol. The zero-order valence-corrected chi connectivity index (χ0v) is 12.6. The Hall–Kier alpha value is -0.670. The Morgan fingerprint density at radius 1 is 1.37 bits per heavy atom. The first-order valence-corrected chi connectivity index (χ1v) is 9.36. The molecule has 0 aromatic heterocycles. The van der Waals surface area contributed by atoms with Gasteiger partial charge in [-0.25, -0.2) is 16.8 Å². The molecule has 0 spiro atoms. The predicted octanol–water partition coefficient (Wildman–Crippen LogP) is -0.264. The third kappa shape index (κ3) is 3.90. The van der Waals surface area contributed by atoms with E-state index in [4.69, 9.17) is 5.11 Å². The van der Waals surface area contributed by atoms with E-state index >= 15 is 0 Å². The maximum Gasteiger partial charge on any atom is 0.324 e. The fraction of sp³-hybridized carbons (Fsp3) is 0.900. The van der Waals surface area contributed by atoms with E-state index in [9.17, 15) is 21.6 Å². The van der Waals surface area contributed by atoms with Crippen molar-refractivity contribution in [1.82, 2.24) is 4.72 Å². The van der Waals surface area contributed by atoms with Crippen molar-refractivity contribution in [3.63, 3.8) is 0 Å². The molecule has 1 aliphatic rings. The first-order chi connectivity index (χ1) is 8.52. The molecule has 0 radical (unpaired) electrons. The summed E-state index contributed by atoms with van der Waals surface area (Å²) in [6, 6.07) is 0. The summed E-state index contributed by atoms with van der Waals surface area (Å²) < 4.78 is 48.9. The number of rotatable bonds is 5. The number of hydrogen-bond donors (Lipinski definition) is 2. The molecule has 0 amide bonds. The molecule has 0 aromatic carbocycles. The Labute approximate surface area is 113 Å². The summed E-state index contributed by atoms with van der Waals surface area (Å²) in [6.07, 6.45) is 0.126. The average Bonchev–Trinajstić information content (AvgIpc) is 2.27. The number of carboxylic acids is 1. The van der Waals surface area contributed by atoms with E-state index < -0.39 is 36.6 Å². The lowest BCUT2D eigenvalue weighted by atomic mass is 10.0. The summed E-state index contributed by atoms with van der Waals surface area (Å²) in [5.41, 5.74) is -1.56. The normalized spacial score (nSPS) is 23.7. The van der Waals surface area contributed by atoms with Crippen molar-refractivity contribution in [2.75, 3.05) is 11.5 Å². The van der Waals surface area contributed by atoms with Gasteiger partial charge < -0.3 is 5.11 Å². The zero-order chi connectivity index (χ0) is 14.9. The third-order valence-corrected chi connectivity index (χ3v) is 7.29. The first-order valence-electron chi connectivity index (χ1n) is 5.99. The van der Waals surface area contributed by atoms with Crippen molar-refractivity contribution in [3.05, 3.63) is 0 Å². The standard InChI is InChI=1S/C10H19NO6S2/c1-3-10(2,9(12)13)11-19(16,17)8-4-6-18(14,15)7-5-8/h8,11H,3-7H2,1-2H3,(H,12,13). The Bertz CT molecular complexity index is 539. The molecular formula is C10H19NO6S2. The molecule has 0 bridgehead atoms. The third-order valence-electron chi connectivity index (χ3n) is 3.49. The van der Waals surface area contributed by atoms with E-state index in [0.29, 0.717) is 0 Å². The Kier molecular flexibility index (Phi) is 4.63. The number of sulfone groups is 1. The van der Waals surface area contributed by atoms with Crippen molar-refractivity contribution < 1.29 is 26.7 Å². The fourth-order valence-electron chi connectivity index (χ4n) is 1.84. The molecule has 1 saturated heterocycles. The SMILES string of the molecule is CCC(C)(NS(=O)(=O)C1CCS(=O)(=O)CC1)C(=O)O. The van der Waals surface area contributed by atoms with Crippen LogP contribution in [0.5, 0.6) is 0 Å². The van der Waals surface area contributed by atoms with Crippen LogP contribution in [0.3, 0.4) is 0 Å². The van der Waals surface area contributed by atoms with Crippen LogP contribution in [0.25, 0.3) is 0 Å². The maximum atomic E-state index is 12.1. The number of sulfonamides is 1. The van der Waals surface area contributed by atoms with Crippen molar-refractivity contribution in [2.45, 2.75) is 43.9 Å². The van der Waals surface area contributed by atoms with Crippen LogP contribution in [-0.2, 0) is 24.7 Å². The smallest absolute Gasteiger partial charge is 0.324 e. The topological polar surface area (TPSA) is 118 Å². The van der Waals surface area contributed by atoms with Gasteiger partial charge in [0.2, 0.25) is 10.0 Å². The minimum atomic E-state index is -3.84. The van der Waals surface area contributed by atoms with Crippen molar-refractivity contribution >= 4 is 25.8 Å². The molecule has 1 rings (SSSR count). The van der Waals surface area contributed by atoms with Crippen LogP contribution < -0.4 is 4.72 Å². The molecule has 1 unspecified atom stereocenters. The molecule has 2 N–H and O–H groups in total. The molecule has 0 aromatic rings. The summed E-state index contributed by atoms with van der Waals surface area (Å²) in [5, 5.41) is 8.21. The molecule has 19 heavy (non-hydrogen) atoms. The van der Waals surface area contributed by atoms with Crippen molar-refractivity contribution in [3.8, 4) is 0 Å². The van der Waals surface area contributed by atoms with Gasteiger partial charge in [-0.05, 0) is 26.2 Å². The van der Waals surface area contributed by atoms with Crippen molar-refractivity contribution in [2.24, 2.45) is 0 Å². The molecule has 1 heterocycles. The first kappa shape index (κ1) is 16.4. The van der Waals surface area contributed by atoms with E-state index in [0.717, 1.165) is 0 Å². The van der Waals surface area contributed by atoms with Gasteiger partial charge in [-0.2, -0.15) is 4.72 Å². The van der Waals surface area contributed by atoms with Crippen LogP contribution in [-0.4, -0.2) is 50.2 Å². The highest BCUT2D eigenvalue weighted by Crippen LogP contribution is 2.21. The Morgan fingerprint density at radius 2 is 1.84 bits per heavy atom. The van der Waals surface area contributed by atoms with Gasteiger partial charge in [-0.3, -0.25) is 4.79 Å². The van der Waals surface area contributed by atoms with Crippen molar-refractivity contribution in [1.29, 1.82) is 0 Å². The molecule has 112 valence electrons. The summed E-state index contributed by atoms with van der Waals surface area (Å²) in [6.45, 7) is 2.87. The summed E-state index contributed by atoms with van der Waals surface area (Å²) in [7, 11) is -6.99. The van der Waals surface area contributed by atoms with E-state index in [2.05, 4.69) is 4.72 Å². The predicted molar refractivity (Wildman–Crippen MR) is 70.1 cm³/mol. The number of carbonyl (C=O) groups is 1. The summed E-state index contributed by atoms with van der Waals surface area (Å²) >= 11 is 0. The highest BCUT2D eigenvalue weighted by atomic mass is 32.2. The minimum absolute atomic E-state index is 0.0110. The van der Waals surface area contributed by atoms with E-state index in [1.54, 1.807) is 6.92 Å². The van der Waals surface area contributed by atoms with Crippen LogP contribution >= 0.6 is 0 Å². The molecule has 1 atom stereocenters. The largest absolute Gasteiger partial charge is 0.480 e. The van der Waals surface area contributed by atoms with Gasteiger partial charge in [0.15, 0.2) is 0 Å². The second kappa shape index (κ2) is 5.37. The van der Waals surface area contributed by atoms with Gasteiger partial charge in [-0.1, -0.05) is 6.92 Å². The molecule has 1 fully saturated rings. The highest BCUT2D eigenvalue weighted by molar-refractivity contribution is 7.92. The lowest BCUT2D eigenvalue weighted by Gasteiger charge is -2.29. The van der Waals surface area contributed by atoms with E-state index in [-0.39, 0.29) is 30.8 Å². The van der Waals surface area contributed by atoms with Crippen LogP contribution in [0.1, 0.15) is 33.1 Å².